The fourth-order valence-electron chi connectivity index (χ4n) is 2.60. The first-order chi connectivity index (χ1) is 8.68. The van der Waals surface area contributed by atoms with Crippen LogP contribution in [0.5, 0.6) is 0 Å². The molecule has 1 heterocycles. The fraction of sp³-hybridized carbons (Fsp3) is 0.400. The molecular weight excluding hydrogens is 222 g/mol. The van der Waals surface area contributed by atoms with Crippen LogP contribution < -0.4 is 5.73 Å². The van der Waals surface area contributed by atoms with Gasteiger partial charge in [0.15, 0.2) is 0 Å². The molecule has 0 amide bonds. The zero-order valence-electron chi connectivity index (χ0n) is 10.9. The van der Waals surface area contributed by atoms with Crippen LogP contribution in [0.2, 0.25) is 0 Å². The van der Waals surface area contributed by atoms with Crippen molar-refractivity contribution in [1.82, 2.24) is 9.78 Å². The molecule has 1 aliphatic carbocycles. The van der Waals surface area contributed by atoms with Gasteiger partial charge in [0.05, 0.1) is 5.69 Å². The molecule has 18 heavy (non-hydrogen) atoms. The number of hydrogen-bond acceptors (Lipinski definition) is 2. The molecule has 1 aromatic carbocycles. The van der Waals surface area contributed by atoms with E-state index in [1.807, 2.05) is 25.2 Å². The number of aromatic nitrogens is 2. The molecule has 2 aromatic rings. The minimum absolute atomic E-state index is 0.503. The molecule has 3 heteroatoms. The standard InChI is InChI=1S/C15H19N3/c1-10(11-8-9-11)14-13(15(16)18(2)17-14)12-6-4-3-5-7-12/h3-7,10-11H,8-9,16H2,1-2H3. The molecule has 2 N–H and O–H groups in total. The van der Waals surface area contributed by atoms with Crippen LogP contribution >= 0.6 is 0 Å². The molecule has 1 aromatic heterocycles. The maximum atomic E-state index is 6.19. The molecule has 0 bridgehead atoms. The summed E-state index contributed by atoms with van der Waals surface area (Å²) in [5.74, 6) is 2.06. The lowest BCUT2D eigenvalue weighted by Gasteiger charge is -2.10. The predicted octanol–water partition coefficient (Wildman–Crippen LogP) is 3.18. The Labute approximate surface area is 108 Å². The number of hydrogen-bond donors (Lipinski definition) is 1. The van der Waals surface area contributed by atoms with E-state index in [1.165, 1.54) is 18.4 Å². The molecule has 0 radical (unpaired) electrons. The third-order valence-corrected chi connectivity index (χ3v) is 3.94. The minimum atomic E-state index is 0.503. The highest BCUT2D eigenvalue weighted by Gasteiger charge is 2.33. The maximum absolute atomic E-state index is 6.19. The summed E-state index contributed by atoms with van der Waals surface area (Å²) in [7, 11) is 1.92. The average Bonchev–Trinajstić information content (AvgIpc) is 3.18. The molecular formula is C15H19N3. The van der Waals surface area contributed by atoms with Gasteiger partial charge in [0.1, 0.15) is 5.82 Å². The lowest BCUT2D eigenvalue weighted by molar-refractivity contribution is 0.622. The van der Waals surface area contributed by atoms with Crippen LogP contribution in [-0.2, 0) is 7.05 Å². The van der Waals surface area contributed by atoms with E-state index in [0.29, 0.717) is 5.92 Å². The van der Waals surface area contributed by atoms with Gasteiger partial charge < -0.3 is 5.73 Å². The Kier molecular flexibility index (Phi) is 2.62. The van der Waals surface area contributed by atoms with E-state index in [4.69, 9.17) is 5.73 Å². The Bertz CT molecular complexity index is 553. The van der Waals surface area contributed by atoms with Gasteiger partial charge in [-0.15, -0.1) is 0 Å². The SMILES string of the molecule is CC(c1nn(C)c(N)c1-c1ccccc1)C1CC1. The molecule has 3 rings (SSSR count). The largest absolute Gasteiger partial charge is 0.383 e. The van der Waals surface area contributed by atoms with Gasteiger partial charge in [0.2, 0.25) is 0 Å². The normalized spacial score (nSPS) is 16.8. The van der Waals surface area contributed by atoms with Crippen LogP contribution in [0.25, 0.3) is 11.1 Å². The van der Waals surface area contributed by atoms with Crippen molar-refractivity contribution in [2.45, 2.75) is 25.7 Å². The van der Waals surface area contributed by atoms with Gasteiger partial charge in [-0.25, -0.2) is 0 Å². The molecule has 0 aliphatic heterocycles. The second-order valence-corrected chi connectivity index (χ2v) is 5.26. The van der Waals surface area contributed by atoms with Crippen molar-refractivity contribution >= 4 is 5.82 Å². The van der Waals surface area contributed by atoms with Gasteiger partial charge >= 0.3 is 0 Å². The van der Waals surface area contributed by atoms with Crippen LogP contribution in [0, 0.1) is 5.92 Å². The summed E-state index contributed by atoms with van der Waals surface area (Å²) < 4.78 is 1.80. The lowest BCUT2D eigenvalue weighted by Crippen LogP contribution is -2.00. The zero-order valence-corrected chi connectivity index (χ0v) is 10.9. The summed E-state index contributed by atoms with van der Waals surface area (Å²) in [6.07, 6.45) is 2.65. The smallest absolute Gasteiger partial charge is 0.129 e. The summed E-state index contributed by atoms with van der Waals surface area (Å²) in [4.78, 5) is 0. The molecule has 1 atom stereocenters. The van der Waals surface area contributed by atoms with E-state index in [1.54, 1.807) is 4.68 Å². The number of nitrogen functional groups attached to an aromatic ring is 1. The molecule has 0 spiro atoms. The summed E-state index contributed by atoms with van der Waals surface area (Å²) in [5, 5.41) is 4.64. The van der Waals surface area contributed by atoms with Crippen molar-refractivity contribution in [3.05, 3.63) is 36.0 Å². The Morgan fingerprint density at radius 2 is 1.94 bits per heavy atom. The van der Waals surface area contributed by atoms with Crippen LogP contribution in [0.3, 0.4) is 0 Å². The number of aryl methyl sites for hydroxylation is 1. The molecule has 94 valence electrons. The second-order valence-electron chi connectivity index (χ2n) is 5.26. The first-order valence-corrected chi connectivity index (χ1v) is 6.56. The van der Waals surface area contributed by atoms with Gasteiger partial charge in [0, 0.05) is 18.5 Å². The van der Waals surface area contributed by atoms with E-state index in [9.17, 15) is 0 Å². The van der Waals surface area contributed by atoms with Crippen molar-refractivity contribution in [3.8, 4) is 11.1 Å². The Morgan fingerprint density at radius 3 is 2.56 bits per heavy atom. The molecule has 1 unspecified atom stereocenters. The lowest BCUT2D eigenvalue weighted by atomic mass is 9.95. The van der Waals surface area contributed by atoms with Crippen molar-refractivity contribution in [2.75, 3.05) is 5.73 Å². The van der Waals surface area contributed by atoms with E-state index >= 15 is 0 Å². The Hall–Kier alpha value is -1.77. The van der Waals surface area contributed by atoms with Gasteiger partial charge in [-0.2, -0.15) is 5.10 Å². The van der Waals surface area contributed by atoms with E-state index in [-0.39, 0.29) is 0 Å². The maximum Gasteiger partial charge on any atom is 0.129 e. The molecule has 0 saturated heterocycles. The highest BCUT2D eigenvalue weighted by molar-refractivity contribution is 5.77. The summed E-state index contributed by atoms with van der Waals surface area (Å²) in [6, 6.07) is 10.3. The first kappa shape index (κ1) is 11.3. The molecule has 1 aliphatic rings. The molecule has 3 nitrogen and oxygen atoms in total. The number of nitrogens with two attached hydrogens (primary N) is 1. The van der Waals surface area contributed by atoms with Crippen molar-refractivity contribution in [3.63, 3.8) is 0 Å². The molecule has 1 saturated carbocycles. The number of nitrogens with zero attached hydrogens (tertiary/aromatic N) is 2. The first-order valence-electron chi connectivity index (χ1n) is 6.56. The van der Waals surface area contributed by atoms with Crippen molar-refractivity contribution in [2.24, 2.45) is 13.0 Å². The average molecular weight is 241 g/mol. The molecule has 1 fully saturated rings. The monoisotopic (exact) mass is 241 g/mol. The van der Waals surface area contributed by atoms with E-state index in [2.05, 4.69) is 24.2 Å². The third kappa shape index (κ3) is 1.80. The van der Waals surface area contributed by atoms with Gasteiger partial charge in [0.25, 0.3) is 0 Å². The summed E-state index contributed by atoms with van der Waals surface area (Å²) in [5.41, 5.74) is 9.64. The van der Waals surface area contributed by atoms with Gasteiger partial charge in [-0.3, -0.25) is 4.68 Å². The summed E-state index contributed by atoms with van der Waals surface area (Å²) >= 11 is 0. The van der Waals surface area contributed by atoms with Crippen LogP contribution in [0.4, 0.5) is 5.82 Å². The van der Waals surface area contributed by atoms with Crippen LogP contribution in [-0.4, -0.2) is 9.78 Å². The topological polar surface area (TPSA) is 43.8 Å². The number of benzene rings is 1. The van der Waals surface area contributed by atoms with Gasteiger partial charge in [-0.1, -0.05) is 37.3 Å². The predicted molar refractivity (Wildman–Crippen MR) is 74.2 cm³/mol. The van der Waals surface area contributed by atoms with E-state index in [0.717, 1.165) is 23.0 Å². The quantitative estimate of drug-likeness (QED) is 0.897. The fourth-order valence-corrected chi connectivity index (χ4v) is 2.60. The highest BCUT2D eigenvalue weighted by atomic mass is 15.3. The Balaban J connectivity index is 2.12. The van der Waals surface area contributed by atoms with E-state index < -0.39 is 0 Å². The number of anilines is 1. The third-order valence-electron chi connectivity index (χ3n) is 3.94. The minimum Gasteiger partial charge on any atom is -0.383 e. The number of rotatable bonds is 3. The summed E-state index contributed by atoms with van der Waals surface area (Å²) in [6.45, 7) is 2.27. The van der Waals surface area contributed by atoms with Crippen LogP contribution in [0.1, 0.15) is 31.4 Å². The van der Waals surface area contributed by atoms with Crippen molar-refractivity contribution in [1.29, 1.82) is 0 Å². The van der Waals surface area contributed by atoms with Crippen molar-refractivity contribution < 1.29 is 0 Å². The van der Waals surface area contributed by atoms with Gasteiger partial charge in [-0.05, 0) is 24.3 Å². The highest BCUT2D eigenvalue weighted by Crippen LogP contribution is 2.45. The Morgan fingerprint density at radius 1 is 1.28 bits per heavy atom. The zero-order chi connectivity index (χ0) is 12.7. The van der Waals surface area contributed by atoms with Crippen LogP contribution in [0.15, 0.2) is 30.3 Å². The second kappa shape index (κ2) is 4.16.